The maximum Gasteiger partial charge on any atom is 0.297 e. The van der Waals surface area contributed by atoms with Gasteiger partial charge in [-0.3, -0.25) is 0 Å². The second kappa shape index (κ2) is 12.5. The molecule has 0 amide bonds. The first-order valence-electron chi connectivity index (χ1n) is 20.8. The number of rotatable bonds is 2. The molecular formula is C50H53BN2O5. The molecule has 0 saturated carbocycles. The van der Waals surface area contributed by atoms with Gasteiger partial charge in [-0.05, 0) is 111 Å². The number of anilines is 6. The van der Waals surface area contributed by atoms with Crippen LogP contribution in [0.4, 0.5) is 34.1 Å². The molecule has 4 aliphatic rings. The summed E-state index contributed by atoms with van der Waals surface area (Å²) in [5.41, 5.74) is 16.7. The second-order valence-electron chi connectivity index (χ2n) is 19.6. The Morgan fingerprint density at radius 1 is 0.500 bits per heavy atom. The molecule has 5 aromatic carbocycles. The zero-order valence-corrected chi connectivity index (χ0v) is 35.8. The van der Waals surface area contributed by atoms with Crippen molar-refractivity contribution in [2.75, 3.05) is 36.2 Å². The minimum absolute atomic E-state index is 0.000231. The van der Waals surface area contributed by atoms with Gasteiger partial charge >= 0.3 is 0 Å². The first kappa shape index (κ1) is 36.8. The number of ether oxygens (including phenoxy) is 4. The number of hydrogen-bond acceptors (Lipinski definition) is 7. The molecule has 4 aliphatic heterocycles. The fraction of sp³-hybridized carbons (Fsp3) is 0.360. The van der Waals surface area contributed by atoms with Crippen LogP contribution in [0, 0.1) is 13.8 Å². The fourth-order valence-electron chi connectivity index (χ4n) is 9.34. The maximum atomic E-state index is 7.26. The molecule has 296 valence electrons. The summed E-state index contributed by atoms with van der Waals surface area (Å²) in [5, 5.41) is 1.11. The van der Waals surface area contributed by atoms with E-state index < -0.39 is 0 Å². The minimum Gasteiger partial charge on any atom is -0.486 e. The molecule has 8 heteroatoms. The number of benzene rings is 5. The highest BCUT2D eigenvalue weighted by Gasteiger charge is 2.48. The number of aryl methyl sites for hydroxylation is 2. The summed E-state index contributed by atoms with van der Waals surface area (Å²) in [7, 11) is 0. The Morgan fingerprint density at radius 2 is 1.05 bits per heavy atom. The van der Waals surface area contributed by atoms with Crippen LogP contribution >= 0.6 is 0 Å². The van der Waals surface area contributed by atoms with Gasteiger partial charge in [0.05, 0.1) is 22.7 Å². The lowest BCUT2D eigenvalue weighted by Crippen LogP contribution is -2.61. The summed E-state index contributed by atoms with van der Waals surface area (Å²) in [6, 6.07) is 27.1. The largest absolute Gasteiger partial charge is 0.486 e. The van der Waals surface area contributed by atoms with E-state index >= 15 is 0 Å². The van der Waals surface area contributed by atoms with Gasteiger partial charge in [-0.2, -0.15) is 0 Å². The standard InChI is InChI=1S/C50H53BN2O5/c1-28-20-31(49(6,7)8)21-29(2)45(28)53-38-24-32(50(9,10)11)23-37-44(38)51(47-46(53)34-22-30(48(3,4)5)12-14-39(34)58-47)35-26-42-43(57-19-18-56-42)27-36(35)52(37)33-13-15-40-41(25-33)55-17-16-54-40/h12-15,20-27H,16-19H2,1-11H3. The van der Waals surface area contributed by atoms with Crippen molar-refractivity contribution in [2.24, 2.45) is 0 Å². The third-order valence-electron chi connectivity index (χ3n) is 12.4. The van der Waals surface area contributed by atoms with E-state index in [1.807, 2.05) is 6.07 Å². The normalized spacial score (nSPS) is 15.7. The SMILES string of the molecule is Cc1cc(C(C)(C)C)cc(C)c1N1c2cc(C(C)(C)C)cc3c2B(c2cc4c(cc2N3c2ccc3c(c2)OCCO3)OCCO4)c2oc3ccc(C(C)(C)C)cc3c21. The molecule has 7 nitrogen and oxygen atoms in total. The van der Waals surface area contributed by atoms with E-state index in [-0.39, 0.29) is 23.0 Å². The third-order valence-corrected chi connectivity index (χ3v) is 12.4. The first-order chi connectivity index (χ1) is 27.5. The summed E-state index contributed by atoms with van der Waals surface area (Å²) < 4.78 is 32.1. The maximum absolute atomic E-state index is 7.26. The van der Waals surface area contributed by atoms with E-state index in [1.54, 1.807) is 0 Å². The number of nitrogens with zero attached hydrogens (tertiary/aromatic N) is 2. The Balaban J connectivity index is 1.35. The van der Waals surface area contributed by atoms with E-state index in [4.69, 9.17) is 23.4 Å². The molecule has 0 saturated heterocycles. The van der Waals surface area contributed by atoms with Crippen LogP contribution in [0.2, 0.25) is 0 Å². The van der Waals surface area contributed by atoms with E-state index in [0.29, 0.717) is 26.4 Å². The van der Waals surface area contributed by atoms with E-state index in [1.165, 1.54) is 39.0 Å². The molecule has 0 N–H and O–H groups in total. The van der Waals surface area contributed by atoms with Crippen molar-refractivity contribution in [3.05, 3.63) is 101 Å². The predicted molar refractivity (Wildman–Crippen MR) is 238 cm³/mol. The van der Waals surface area contributed by atoms with Crippen LogP contribution in [0.5, 0.6) is 23.0 Å². The monoisotopic (exact) mass is 772 g/mol. The molecule has 5 heterocycles. The predicted octanol–water partition coefficient (Wildman–Crippen LogP) is 10.6. The highest BCUT2D eigenvalue weighted by atomic mass is 16.6. The summed E-state index contributed by atoms with van der Waals surface area (Å²) in [6.07, 6.45) is 0. The topological polar surface area (TPSA) is 56.5 Å². The van der Waals surface area contributed by atoms with Crippen LogP contribution in [0.15, 0.2) is 77.2 Å². The molecule has 0 aliphatic carbocycles. The van der Waals surface area contributed by atoms with Gasteiger partial charge in [-0.1, -0.05) is 80.5 Å². The Bertz CT molecular complexity index is 2670. The lowest BCUT2D eigenvalue weighted by Gasteiger charge is -2.44. The van der Waals surface area contributed by atoms with E-state index in [2.05, 4.69) is 153 Å². The van der Waals surface area contributed by atoms with Gasteiger partial charge < -0.3 is 33.2 Å². The number of furan rings is 1. The molecule has 0 bridgehead atoms. The third kappa shape index (κ3) is 5.61. The second-order valence-corrected chi connectivity index (χ2v) is 19.6. The molecule has 6 aromatic rings. The van der Waals surface area contributed by atoms with Crippen LogP contribution in [-0.4, -0.2) is 33.1 Å². The van der Waals surface area contributed by atoms with Crippen molar-refractivity contribution in [2.45, 2.75) is 92.4 Å². The molecule has 58 heavy (non-hydrogen) atoms. The quantitative estimate of drug-likeness (QED) is 0.162. The lowest BCUT2D eigenvalue weighted by atomic mass is 9.35. The van der Waals surface area contributed by atoms with Crippen LogP contribution in [0.25, 0.3) is 11.0 Å². The molecule has 0 radical (unpaired) electrons. The van der Waals surface area contributed by atoms with Gasteiger partial charge in [-0.25, -0.2) is 0 Å². The molecular weight excluding hydrogens is 719 g/mol. The zero-order chi connectivity index (χ0) is 40.6. The van der Waals surface area contributed by atoms with Crippen molar-refractivity contribution >= 4 is 68.4 Å². The molecule has 0 atom stereocenters. The van der Waals surface area contributed by atoms with Crippen molar-refractivity contribution in [1.29, 1.82) is 0 Å². The van der Waals surface area contributed by atoms with Crippen molar-refractivity contribution in [3.8, 4) is 23.0 Å². The van der Waals surface area contributed by atoms with Gasteiger partial charge in [-0.15, -0.1) is 0 Å². The Kier molecular flexibility index (Phi) is 7.94. The van der Waals surface area contributed by atoms with Crippen LogP contribution in [0.3, 0.4) is 0 Å². The summed E-state index contributed by atoms with van der Waals surface area (Å²) in [6.45, 7) is 27.0. The molecule has 0 fully saturated rings. The lowest BCUT2D eigenvalue weighted by molar-refractivity contribution is 0.171. The number of fused-ring (bicyclic) bond motifs is 8. The minimum atomic E-state index is -0.232. The highest BCUT2D eigenvalue weighted by Crippen LogP contribution is 2.52. The molecule has 0 unspecified atom stereocenters. The van der Waals surface area contributed by atoms with Crippen LogP contribution < -0.4 is 45.3 Å². The average Bonchev–Trinajstić information content (AvgIpc) is 3.55. The molecule has 1 aromatic heterocycles. The van der Waals surface area contributed by atoms with Crippen LogP contribution in [-0.2, 0) is 16.2 Å². The molecule has 10 rings (SSSR count). The van der Waals surface area contributed by atoms with Gasteiger partial charge in [0.15, 0.2) is 23.0 Å². The van der Waals surface area contributed by atoms with E-state index in [9.17, 15) is 0 Å². The Labute approximate surface area is 342 Å². The molecule has 0 spiro atoms. The summed E-state index contributed by atoms with van der Waals surface area (Å²) in [4.78, 5) is 4.93. The number of hydrogen-bond donors (Lipinski definition) is 0. The smallest absolute Gasteiger partial charge is 0.297 e. The Morgan fingerprint density at radius 3 is 1.67 bits per heavy atom. The van der Waals surface area contributed by atoms with Gasteiger partial charge in [0.2, 0.25) is 0 Å². The Hall–Kier alpha value is -5.50. The van der Waals surface area contributed by atoms with Gasteiger partial charge in [0, 0.05) is 34.6 Å². The van der Waals surface area contributed by atoms with E-state index in [0.717, 1.165) is 73.5 Å². The van der Waals surface area contributed by atoms with Crippen molar-refractivity contribution in [1.82, 2.24) is 0 Å². The fourth-order valence-corrected chi connectivity index (χ4v) is 9.34. The zero-order valence-electron chi connectivity index (χ0n) is 35.8. The van der Waals surface area contributed by atoms with Crippen LogP contribution in [0.1, 0.15) is 90.1 Å². The average molecular weight is 773 g/mol. The summed E-state index contributed by atoms with van der Waals surface area (Å²) in [5.74, 6) is 3.00. The van der Waals surface area contributed by atoms with Gasteiger partial charge in [0.1, 0.15) is 32.0 Å². The van der Waals surface area contributed by atoms with Crippen molar-refractivity contribution in [3.63, 3.8) is 0 Å². The van der Waals surface area contributed by atoms with Gasteiger partial charge in [0.25, 0.3) is 6.71 Å². The first-order valence-corrected chi connectivity index (χ1v) is 20.8. The summed E-state index contributed by atoms with van der Waals surface area (Å²) >= 11 is 0. The van der Waals surface area contributed by atoms with Crippen molar-refractivity contribution < 1.29 is 23.4 Å². The highest BCUT2D eigenvalue weighted by molar-refractivity contribution is 7.00.